The fraction of sp³-hybridized carbons (Fsp3) is 0.368. The van der Waals surface area contributed by atoms with Gasteiger partial charge in [0.05, 0.1) is 11.9 Å². The highest BCUT2D eigenvalue weighted by Crippen LogP contribution is 2.40. The second-order valence-corrected chi connectivity index (χ2v) is 13.2. The van der Waals surface area contributed by atoms with Gasteiger partial charge in [0, 0.05) is 67.3 Å². The van der Waals surface area contributed by atoms with Crippen LogP contribution in [0.25, 0.3) is 5.65 Å². The van der Waals surface area contributed by atoms with Crippen LogP contribution in [0, 0.1) is 31.6 Å². The van der Waals surface area contributed by atoms with Crippen molar-refractivity contribution >= 4 is 22.9 Å². The Morgan fingerprint density at radius 1 is 1.00 bits per heavy atom. The standard InChI is InChI=1S/C38H41F3N6O/c1-25-7-12-31(13-8-25)43-34-6-5-15-47-32(23-42-36(34)47)14-11-28-21-29(10-9-26(28)2)37(48)44-35-22-33(38(39,40)41)30(20-27(35)3)24-46-18-16-45(4)17-19-46/h5-10,12-13,15,21,23,27,35,43H,16-20,22,24H2,1-4H3,(H,44,48). The number of amides is 1. The Balaban J connectivity index is 1.18. The van der Waals surface area contributed by atoms with Gasteiger partial charge in [-0.1, -0.05) is 36.6 Å². The highest BCUT2D eigenvalue weighted by atomic mass is 19.4. The third-order valence-corrected chi connectivity index (χ3v) is 9.47. The number of pyridine rings is 1. The molecule has 2 aromatic carbocycles. The SMILES string of the molecule is Cc1ccc(Nc2cccn3c(C#Cc4cc(C(=O)NC5CC(C(F)(F)F)=C(CN6CCN(C)CC6)CC5C)ccc4C)cnc23)cc1. The Morgan fingerprint density at radius 2 is 1.75 bits per heavy atom. The molecule has 250 valence electrons. The third kappa shape index (κ3) is 7.59. The number of piperazine rings is 1. The van der Waals surface area contributed by atoms with E-state index in [0.29, 0.717) is 35.4 Å². The van der Waals surface area contributed by atoms with Crippen molar-refractivity contribution in [2.24, 2.45) is 5.92 Å². The number of likely N-dealkylation sites (N-methyl/N-ethyl adjacent to an activating group) is 1. The fourth-order valence-electron chi connectivity index (χ4n) is 6.44. The van der Waals surface area contributed by atoms with Gasteiger partial charge in [0.1, 0.15) is 5.69 Å². The number of halogens is 3. The highest BCUT2D eigenvalue weighted by molar-refractivity contribution is 5.95. The number of aryl methyl sites for hydroxylation is 2. The number of aromatic nitrogens is 2. The summed E-state index contributed by atoms with van der Waals surface area (Å²) in [6.45, 7) is 9.39. The van der Waals surface area contributed by atoms with Crippen LogP contribution in [0.5, 0.6) is 0 Å². The maximum atomic E-state index is 14.3. The molecule has 0 radical (unpaired) electrons. The zero-order valence-corrected chi connectivity index (χ0v) is 27.8. The van der Waals surface area contributed by atoms with Crippen molar-refractivity contribution in [1.82, 2.24) is 24.5 Å². The Kier molecular flexibility index (Phi) is 9.63. The first kappa shape index (κ1) is 33.3. The minimum atomic E-state index is -4.44. The molecule has 3 heterocycles. The lowest BCUT2D eigenvalue weighted by Gasteiger charge is -2.38. The molecular formula is C38H41F3N6O. The largest absolute Gasteiger partial charge is 0.412 e. The molecular weight excluding hydrogens is 613 g/mol. The number of imidazole rings is 1. The minimum Gasteiger partial charge on any atom is -0.352 e. The van der Waals surface area contributed by atoms with Gasteiger partial charge in [0.25, 0.3) is 5.91 Å². The Labute approximate surface area is 279 Å². The molecule has 1 amide bonds. The molecule has 2 atom stereocenters. The number of hydrogen-bond donors (Lipinski definition) is 2. The van der Waals surface area contributed by atoms with E-state index < -0.39 is 23.7 Å². The number of anilines is 2. The summed E-state index contributed by atoms with van der Waals surface area (Å²) in [6, 6.07) is 16.6. The second-order valence-electron chi connectivity index (χ2n) is 13.2. The van der Waals surface area contributed by atoms with Gasteiger partial charge in [-0.2, -0.15) is 13.2 Å². The average molecular weight is 655 g/mol. The lowest BCUT2D eigenvalue weighted by atomic mass is 9.80. The van der Waals surface area contributed by atoms with Crippen molar-refractivity contribution in [1.29, 1.82) is 0 Å². The molecule has 2 aliphatic rings. The maximum absolute atomic E-state index is 14.3. The van der Waals surface area contributed by atoms with E-state index in [1.165, 1.54) is 5.56 Å². The molecule has 48 heavy (non-hydrogen) atoms. The van der Waals surface area contributed by atoms with Gasteiger partial charge in [-0.25, -0.2) is 4.98 Å². The molecule has 0 spiro atoms. The summed E-state index contributed by atoms with van der Waals surface area (Å²) in [5, 5.41) is 6.34. The van der Waals surface area contributed by atoms with Crippen LogP contribution >= 0.6 is 0 Å². The first-order valence-electron chi connectivity index (χ1n) is 16.4. The van der Waals surface area contributed by atoms with E-state index in [1.807, 2.05) is 80.9 Å². The van der Waals surface area contributed by atoms with Crippen LogP contribution in [0.3, 0.4) is 0 Å². The van der Waals surface area contributed by atoms with E-state index in [0.717, 1.165) is 48.8 Å². The van der Waals surface area contributed by atoms with Crippen molar-refractivity contribution in [3.05, 3.63) is 106 Å². The van der Waals surface area contributed by atoms with E-state index in [4.69, 9.17) is 0 Å². The normalized spacial score (nSPS) is 19.2. The average Bonchev–Trinajstić information content (AvgIpc) is 3.47. The van der Waals surface area contributed by atoms with Gasteiger partial charge in [-0.3, -0.25) is 14.1 Å². The number of benzene rings is 2. The predicted molar refractivity (Wildman–Crippen MR) is 183 cm³/mol. The van der Waals surface area contributed by atoms with Gasteiger partial charge in [0.2, 0.25) is 0 Å². The van der Waals surface area contributed by atoms with Crippen molar-refractivity contribution in [2.75, 3.05) is 45.1 Å². The van der Waals surface area contributed by atoms with E-state index in [1.54, 1.807) is 18.3 Å². The monoisotopic (exact) mass is 654 g/mol. The molecule has 2 N–H and O–H groups in total. The number of carbonyl (C=O) groups is 1. The van der Waals surface area contributed by atoms with Crippen LogP contribution < -0.4 is 10.6 Å². The number of rotatable bonds is 6. The molecule has 1 aliphatic carbocycles. The third-order valence-electron chi connectivity index (χ3n) is 9.47. The quantitative estimate of drug-likeness (QED) is 0.178. The molecule has 0 saturated carbocycles. The Morgan fingerprint density at radius 3 is 2.48 bits per heavy atom. The number of alkyl halides is 3. The van der Waals surface area contributed by atoms with Gasteiger partial charge in [-0.15, -0.1) is 0 Å². The second kappa shape index (κ2) is 13.9. The van der Waals surface area contributed by atoms with Crippen LogP contribution in [-0.2, 0) is 0 Å². The summed E-state index contributed by atoms with van der Waals surface area (Å²) >= 11 is 0. The van der Waals surface area contributed by atoms with E-state index >= 15 is 0 Å². The summed E-state index contributed by atoms with van der Waals surface area (Å²) in [5.74, 6) is 5.85. The molecule has 6 rings (SSSR count). The topological polar surface area (TPSA) is 64.9 Å². The number of nitrogens with zero attached hydrogens (tertiary/aromatic N) is 4. The number of fused-ring (bicyclic) bond motifs is 1. The first-order chi connectivity index (χ1) is 22.9. The van der Waals surface area contributed by atoms with Crippen molar-refractivity contribution in [2.45, 2.75) is 45.8 Å². The zero-order chi connectivity index (χ0) is 34.0. The molecule has 7 nitrogen and oxygen atoms in total. The summed E-state index contributed by atoms with van der Waals surface area (Å²) in [5.41, 5.74) is 6.25. The van der Waals surface area contributed by atoms with Gasteiger partial charge in [0.15, 0.2) is 5.65 Å². The van der Waals surface area contributed by atoms with Crippen LogP contribution in [0.4, 0.5) is 24.5 Å². The van der Waals surface area contributed by atoms with Crippen LogP contribution in [-0.4, -0.2) is 77.1 Å². The van der Waals surface area contributed by atoms with Crippen LogP contribution in [0.15, 0.2) is 78.1 Å². The van der Waals surface area contributed by atoms with Crippen molar-refractivity contribution in [3.8, 4) is 11.8 Å². The van der Waals surface area contributed by atoms with Gasteiger partial charge < -0.3 is 15.5 Å². The van der Waals surface area contributed by atoms with Crippen molar-refractivity contribution < 1.29 is 18.0 Å². The molecule has 1 fully saturated rings. The number of carbonyl (C=O) groups excluding carboxylic acids is 1. The summed E-state index contributed by atoms with van der Waals surface area (Å²) in [6.07, 6.45) is -0.754. The van der Waals surface area contributed by atoms with E-state index in [-0.39, 0.29) is 12.3 Å². The lowest BCUT2D eigenvalue weighted by Crippen LogP contribution is -2.47. The summed E-state index contributed by atoms with van der Waals surface area (Å²) in [7, 11) is 2.03. The van der Waals surface area contributed by atoms with Gasteiger partial charge >= 0.3 is 6.18 Å². The minimum absolute atomic E-state index is 0.132. The maximum Gasteiger partial charge on any atom is 0.412 e. The van der Waals surface area contributed by atoms with Gasteiger partial charge in [-0.05, 0) is 93.1 Å². The Bertz CT molecular complexity index is 1890. The van der Waals surface area contributed by atoms with Crippen molar-refractivity contribution in [3.63, 3.8) is 0 Å². The van der Waals surface area contributed by atoms with E-state index in [2.05, 4.69) is 37.3 Å². The Hall–Kier alpha value is -4.59. The van der Waals surface area contributed by atoms with E-state index in [9.17, 15) is 18.0 Å². The molecule has 1 saturated heterocycles. The highest BCUT2D eigenvalue weighted by Gasteiger charge is 2.42. The molecule has 10 heteroatoms. The molecule has 0 bridgehead atoms. The number of nitrogens with one attached hydrogen (secondary N) is 2. The molecule has 2 aromatic heterocycles. The molecule has 1 aliphatic heterocycles. The number of hydrogen-bond acceptors (Lipinski definition) is 5. The molecule has 4 aromatic rings. The summed E-state index contributed by atoms with van der Waals surface area (Å²) in [4.78, 5) is 22.3. The van der Waals surface area contributed by atoms with Crippen LogP contribution in [0.1, 0.15) is 52.5 Å². The fourth-order valence-corrected chi connectivity index (χ4v) is 6.44. The summed E-state index contributed by atoms with van der Waals surface area (Å²) < 4.78 is 44.7. The molecule has 2 unspecified atom stereocenters. The van der Waals surface area contributed by atoms with Crippen LogP contribution in [0.2, 0.25) is 0 Å². The zero-order valence-electron chi connectivity index (χ0n) is 27.8. The smallest absolute Gasteiger partial charge is 0.352 e. The first-order valence-corrected chi connectivity index (χ1v) is 16.4. The predicted octanol–water partition coefficient (Wildman–Crippen LogP) is 6.73. The lowest BCUT2D eigenvalue weighted by molar-refractivity contribution is -0.0978.